The highest BCUT2D eigenvalue weighted by Crippen LogP contribution is 2.24. The van der Waals surface area contributed by atoms with Crippen LogP contribution in [0, 0.1) is 13.8 Å². The van der Waals surface area contributed by atoms with E-state index in [0.717, 1.165) is 11.5 Å². The third-order valence-corrected chi connectivity index (χ3v) is 5.33. The predicted molar refractivity (Wildman–Crippen MR) is 120 cm³/mol. The summed E-state index contributed by atoms with van der Waals surface area (Å²) in [7, 11) is 0. The molecule has 0 saturated carbocycles. The zero-order chi connectivity index (χ0) is 21.1. The van der Waals surface area contributed by atoms with Crippen LogP contribution in [0.5, 0.6) is 0 Å². The number of hydrogen-bond donors (Lipinski definition) is 1. The maximum Gasteiger partial charge on any atom is 0.257 e. The summed E-state index contributed by atoms with van der Waals surface area (Å²) in [5.74, 6) is 0.848. The van der Waals surface area contributed by atoms with Gasteiger partial charge >= 0.3 is 0 Å². The minimum atomic E-state index is -0.114. The normalized spacial score (nSPS) is 12.0. The molecule has 0 unspecified atom stereocenters. The lowest BCUT2D eigenvalue weighted by molar-refractivity contribution is 0.0951. The van der Waals surface area contributed by atoms with Gasteiger partial charge in [-0.3, -0.25) is 4.79 Å². The van der Waals surface area contributed by atoms with E-state index >= 15 is 0 Å². The van der Waals surface area contributed by atoms with Crippen LogP contribution in [0.4, 0.5) is 0 Å². The van der Waals surface area contributed by atoms with Crippen molar-refractivity contribution in [2.45, 2.75) is 26.7 Å². The van der Waals surface area contributed by atoms with Crippen molar-refractivity contribution in [1.29, 1.82) is 0 Å². The molecule has 0 aliphatic rings. The molecule has 4 rings (SSSR count). The van der Waals surface area contributed by atoms with Gasteiger partial charge in [-0.05, 0) is 49.6 Å². The highest BCUT2D eigenvalue weighted by molar-refractivity contribution is 5.98. The van der Waals surface area contributed by atoms with Crippen molar-refractivity contribution >= 4 is 5.91 Å². The van der Waals surface area contributed by atoms with E-state index in [4.69, 9.17) is 5.10 Å². The number of aromatic nitrogens is 3. The Hall–Kier alpha value is -3.60. The van der Waals surface area contributed by atoms with Gasteiger partial charge in [0.15, 0.2) is 5.82 Å². The molecule has 2 aromatic carbocycles. The Kier molecular flexibility index (Phi) is 5.53. The van der Waals surface area contributed by atoms with Gasteiger partial charge in [-0.25, -0.2) is 4.68 Å². The number of carbonyl (C=O) groups excluding carboxylic acids is 1. The number of rotatable bonds is 6. The van der Waals surface area contributed by atoms with Crippen molar-refractivity contribution in [1.82, 2.24) is 19.7 Å². The van der Waals surface area contributed by atoms with E-state index in [0.29, 0.717) is 17.8 Å². The maximum absolute atomic E-state index is 13.2. The molecule has 5 nitrogen and oxygen atoms in total. The van der Waals surface area contributed by atoms with Crippen LogP contribution in [0.1, 0.15) is 40.0 Å². The lowest BCUT2D eigenvalue weighted by Crippen LogP contribution is -2.28. The molecule has 0 radical (unpaired) electrons. The summed E-state index contributed by atoms with van der Waals surface area (Å²) in [6.45, 7) is 6.61. The van der Waals surface area contributed by atoms with Gasteiger partial charge in [0.2, 0.25) is 0 Å². The molecule has 2 heterocycles. The minimum absolute atomic E-state index is 0.114. The van der Waals surface area contributed by atoms with Gasteiger partial charge < -0.3 is 9.88 Å². The maximum atomic E-state index is 13.2. The first-order chi connectivity index (χ1) is 14.5. The van der Waals surface area contributed by atoms with E-state index < -0.39 is 0 Å². The summed E-state index contributed by atoms with van der Waals surface area (Å²) in [6.07, 6.45) is 3.87. The number of nitrogens with zero attached hydrogens (tertiary/aromatic N) is 3. The van der Waals surface area contributed by atoms with Crippen LogP contribution in [0.2, 0.25) is 0 Å². The SMILES string of the molecule is Cc1ccc(-n2nc(C)c(C(=O)NC[C@@H](C)c3ccccc3)c2-n2cccc2)cc1. The monoisotopic (exact) mass is 398 g/mol. The van der Waals surface area contributed by atoms with Gasteiger partial charge in [-0.1, -0.05) is 55.0 Å². The van der Waals surface area contributed by atoms with Gasteiger partial charge in [0.25, 0.3) is 5.91 Å². The van der Waals surface area contributed by atoms with Gasteiger partial charge in [0, 0.05) is 18.9 Å². The largest absolute Gasteiger partial charge is 0.351 e. The Morgan fingerprint density at radius 3 is 2.30 bits per heavy atom. The van der Waals surface area contributed by atoms with E-state index in [1.165, 1.54) is 11.1 Å². The molecule has 0 aliphatic carbocycles. The summed E-state index contributed by atoms with van der Waals surface area (Å²) in [4.78, 5) is 13.2. The van der Waals surface area contributed by atoms with E-state index in [2.05, 4.69) is 31.3 Å². The molecule has 1 atom stereocenters. The smallest absolute Gasteiger partial charge is 0.257 e. The Morgan fingerprint density at radius 2 is 1.63 bits per heavy atom. The number of nitrogens with one attached hydrogen (secondary N) is 1. The number of aryl methyl sites for hydroxylation is 2. The lowest BCUT2D eigenvalue weighted by atomic mass is 10.0. The highest BCUT2D eigenvalue weighted by atomic mass is 16.1. The van der Waals surface area contributed by atoms with Crippen molar-refractivity contribution < 1.29 is 4.79 Å². The van der Waals surface area contributed by atoms with Crippen molar-refractivity contribution in [3.05, 3.63) is 102 Å². The van der Waals surface area contributed by atoms with Crippen molar-refractivity contribution in [2.75, 3.05) is 6.54 Å². The molecule has 0 fully saturated rings. The Balaban J connectivity index is 1.67. The highest BCUT2D eigenvalue weighted by Gasteiger charge is 2.24. The Morgan fingerprint density at radius 1 is 0.967 bits per heavy atom. The first-order valence-electron chi connectivity index (χ1n) is 10.2. The molecular weight excluding hydrogens is 372 g/mol. The van der Waals surface area contributed by atoms with E-state index in [1.54, 1.807) is 0 Å². The fraction of sp³-hybridized carbons (Fsp3) is 0.200. The second kappa shape index (κ2) is 8.41. The quantitative estimate of drug-likeness (QED) is 0.507. The van der Waals surface area contributed by atoms with Crippen LogP contribution in [-0.4, -0.2) is 26.8 Å². The Labute approximate surface area is 177 Å². The molecule has 5 heteroatoms. The molecule has 0 bridgehead atoms. The zero-order valence-corrected chi connectivity index (χ0v) is 17.5. The first kappa shape index (κ1) is 19.7. The van der Waals surface area contributed by atoms with Crippen molar-refractivity contribution in [3.63, 3.8) is 0 Å². The Bertz CT molecular complexity index is 1130. The molecule has 1 N–H and O–H groups in total. The first-order valence-corrected chi connectivity index (χ1v) is 10.2. The van der Waals surface area contributed by atoms with E-state index in [-0.39, 0.29) is 11.8 Å². The van der Waals surface area contributed by atoms with Crippen LogP contribution in [0.3, 0.4) is 0 Å². The number of benzene rings is 2. The third kappa shape index (κ3) is 3.92. The van der Waals surface area contributed by atoms with Crippen LogP contribution in [0.25, 0.3) is 11.5 Å². The van der Waals surface area contributed by atoms with Crippen molar-refractivity contribution in [3.8, 4) is 11.5 Å². The zero-order valence-electron chi connectivity index (χ0n) is 17.5. The molecule has 1 amide bonds. The average molecular weight is 399 g/mol. The standard InChI is InChI=1S/C25H26N4O/c1-18-11-13-22(14-12-18)29-25(28-15-7-8-16-28)23(20(3)27-29)24(30)26-17-19(2)21-9-5-4-6-10-21/h4-16,19H,17H2,1-3H3,(H,26,30)/t19-/m1/s1. The topological polar surface area (TPSA) is 51.9 Å². The second-order valence-corrected chi connectivity index (χ2v) is 7.64. The molecule has 152 valence electrons. The minimum Gasteiger partial charge on any atom is -0.351 e. The third-order valence-electron chi connectivity index (χ3n) is 5.33. The van der Waals surface area contributed by atoms with Crippen LogP contribution in [-0.2, 0) is 0 Å². The van der Waals surface area contributed by atoms with E-state index in [9.17, 15) is 4.79 Å². The number of hydrogen-bond acceptors (Lipinski definition) is 2. The number of carbonyl (C=O) groups is 1. The van der Waals surface area contributed by atoms with Crippen LogP contribution >= 0.6 is 0 Å². The molecule has 4 aromatic rings. The summed E-state index contributed by atoms with van der Waals surface area (Å²) in [6, 6.07) is 22.2. The van der Waals surface area contributed by atoms with Crippen molar-refractivity contribution in [2.24, 2.45) is 0 Å². The summed E-state index contributed by atoms with van der Waals surface area (Å²) >= 11 is 0. The van der Waals surface area contributed by atoms with E-state index in [1.807, 2.05) is 83.2 Å². The fourth-order valence-electron chi connectivity index (χ4n) is 3.59. The predicted octanol–water partition coefficient (Wildman–Crippen LogP) is 4.81. The number of amides is 1. The summed E-state index contributed by atoms with van der Waals surface area (Å²) < 4.78 is 3.78. The van der Waals surface area contributed by atoms with Gasteiger partial charge in [-0.15, -0.1) is 0 Å². The average Bonchev–Trinajstić information content (AvgIpc) is 3.40. The summed E-state index contributed by atoms with van der Waals surface area (Å²) in [5.41, 5.74) is 4.59. The molecule has 0 aliphatic heterocycles. The molecule has 0 spiro atoms. The van der Waals surface area contributed by atoms with Gasteiger partial charge in [0.1, 0.15) is 5.56 Å². The fourth-order valence-corrected chi connectivity index (χ4v) is 3.59. The molecule has 0 saturated heterocycles. The molecular formula is C25H26N4O. The second-order valence-electron chi connectivity index (χ2n) is 7.64. The van der Waals surface area contributed by atoms with Crippen LogP contribution in [0.15, 0.2) is 79.1 Å². The summed E-state index contributed by atoms with van der Waals surface area (Å²) in [5, 5.41) is 7.82. The molecule has 30 heavy (non-hydrogen) atoms. The molecule has 2 aromatic heterocycles. The lowest BCUT2D eigenvalue weighted by Gasteiger charge is -2.14. The van der Waals surface area contributed by atoms with Crippen LogP contribution < -0.4 is 5.32 Å². The van der Waals surface area contributed by atoms with Gasteiger partial charge in [-0.2, -0.15) is 5.10 Å². The van der Waals surface area contributed by atoms with Gasteiger partial charge in [0.05, 0.1) is 11.4 Å².